The van der Waals surface area contributed by atoms with Crippen molar-refractivity contribution in [3.05, 3.63) is 0 Å². The second-order valence-corrected chi connectivity index (χ2v) is 8.79. The van der Waals surface area contributed by atoms with Gasteiger partial charge in [0.25, 0.3) is 0 Å². The maximum absolute atomic E-state index is 11.4. The molecule has 0 radical (unpaired) electrons. The number of carbonyl (C=O) groups is 1. The Morgan fingerprint density at radius 3 is 2.27 bits per heavy atom. The summed E-state index contributed by atoms with van der Waals surface area (Å²) >= 11 is 0. The first-order chi connectivity index (χ1) is 13.7. The third-order valence-corrected chi connectivity index (χ3v) is 5.24. The van der Waals surface area contributed by atoms with Gasteiger partial charge in [-0.3, -0.25) is 9.11 Å². The number of carboxylic acid groups (broad SMARTS) is 1. The van der Waals surface area contributed by atoms with E-state index in [1.807, 2.05) is 0 Å². The molecule has 0 spiro atoms. The van der Waals surface area contributed by atoms with Crippen molar-refractivity contribution < 1.29 is 69.6 Å². The van der Waals surface area contributed by atoms with Gasteiger partial charge in [0.1, 0.15) is 24.4 Å². The number of rotatable bonds is 8. The molecule has 18 heteroatoms. The zero-order valence-electron chi connectivity index (χ0n) is 14.9. The number of ether oxygens (including phenoxy) is 3. The molecular formula is C12H21NO15S2. The van der Waals surface area contributed by atoms with E-state index in [1.165, 1.54) is 0 Å². The van der Waals surface area contributed by atoms with E-state index in [4.69, 9.17) is 23.3 Å². The number of hydrogen-bond donors (Lipinski definition) is 7. The van der Waals surface area contributed by atoms with Crippen LogP contribution < -0.4 is 4.72 Å². The molecular weight excluding hydrogens is 462 g/mol. The van der Waals surface area contributed by atoms with Gasteiger partial charge in [-0.05, 0) is 0 Å². The van der Waals surface area contributed by atoms with Crippen LogP contribution in [-0.2, 0) is 43.9 Å². The van der Waals surface area contributed by atoms with Gasteiger partial charge in [0.15, 0.2) is 12.4 Å². The minimum absolute atomic E-state index is 0.461. The molecule has 2 aliphatic rings. The van der Waals surface area contributed by atoms with E-state index in [-0.39, 0.29) is 0 Å². The Hall–Kier alpha value is -1.03. The smallest absolute Gasteiger partial charge is 0.397 e. The van der Waals surface area contributed by atoms with E-state index in [0.29, 0.717) is 0 Å². The normalized spacial score (nSPS) is 38.3. The Bertz CT molecular complexity index is 815. The molecule has 0 bridgehead atoms. The van der Waals surface area contributed by atoms with E-state index >= 15 is 0 Å². The second-order valence-electron chi connectivity index (χ2n) is 6.51. The number of aliphatic carboxylic acids is 1. The van der Waals surface area contributed by atoms with Crippen molar-refractivity contribution in [2.45, 2.75) is 55.4 Å². The van der Waals surface area contributed by atoms with E-state index in [1.54, 1.807) is 4.72 Å². The maximum atomic E-state index is 11.4. The molecule has 2 saturated heterocycles. The highest BCUT2D eigenvalue weighted by atomic mass is 32.3. The number of hydrogen-bond acceptors (Lipinski definition) is 12. The minimum atomic E-state index is -4.93. The third kappa shape index (κ3) is 7.00. The predicted molar refractivity (Wildman–Crippen MR) is 89.5 cm³/mol. The maximum Gasteiger partial charge on any atom is 0.397 e. The molecule has 0 aliphatic carbocycles. The minimum Gasteiger partial charge on any atom is -0.479 e. The van der Waals surface area contributed by atoms with Gasteiger partial charge in [-0.15, -0.1) is 0 Å². The van der Waals surface area contributed by atoms with Crippen molar-refractivity contribution >= 4 is 26.7 Å². The standard InChI is InChI=1S/C12H21NO15S2/c14-5-1-4(2-26-30(22,23)24)27-12(7(5)13-29(19,20)21)28-9-8(16)6(15)3-25-10(9)11(17)18/h4-10,12-16H,1-3H2,(H,17,18)(H,19,20,21)(H,22,23,24). The van der Waals surface area contributed by atoms with Crippen molar-refractivity contribution in [3.63, 3.8) is 0 Å². The first kappa shape index (κ1) is 25.2. The summed E-state index contributed by atoms with van der Waals surface area (Å²) in [6.45, 7) is -1.40. The molecule has 0 aromatic rings. The van der Waals surface area contributed by atoms with Crippen molar-refractivity contribution in [2.75, 3.05) is 13.2 Å². The average Bonchev–Trinajstić information content (AvgIpc) is 2.58. The average molecular weight is 483 g/mol. The van der Waals surface area contributed by atoms with Crippen LogP contribution in [0.15, 0.2) is 0 Å². The highest BCUT2D eigenvalue weighted by molar-refractivity contribution is 7.83. The topological polar surface area (TPSA) is 256 Å². The molecule has 2 fully saturated rings. The van der Waals surface area contributed by atoms with Crippen molar-refractivity contribution in [3.8, 4) is 0 Å². The van der Waals surface area contributed by atoms with Crippen LogP contribution in [-0.4, -0.2) is 115 Å². The van der Waals surface area contributed by atoms with Crippen LogP contribution >= 0.6 is 0 Å². The van der Waals surface area contributed by atoms with Crippen LogP contribution in [0.2, 0.25) is 0 Å². The van der Waals surface area contributed by atoms with Gasteiger partial charge in [0.05, 0.1) is 25.4 Å². The highest BCUT2D eigenvalue weighted by Crippen LogP contribution is 2.28. The lowest BCUT2D eigenvalue weighted by atomic mass is 9.98. The Kier molecular flexibility index (Phi) is 8.10. The molecule has 8 unspecified atom stereocenters. The van der Waals surface area contributed by atoms with Crippen LogP contribution in [0.3, 0.4) is 0 Å². The molecule has 7 N–H and O–H groups in total. The summed E-state index contributed by atoms with van der Waals surface area (Å²) in [6.07, 6.45) is -12.4. The lowest BCUT2D eigenvalue weighted by Gasteiger charge is -2.43. The molecule has 0 aromatic heterocycles. The molecule has 2 rings (SSSR count). The SMILES string of the molecule is O=C(O)C1OCC(O)C(O)C1OC1OC(COS(=O)(=O)O)CC(O)C1NS(=O)(=O)O. The lowest BCUT2D eigenvalue weighted by Crippen LogP contribution is -2.63. The van der Waals surface area contributed by atoms with Crippen molar-refractivity contribution in [2.24, 2.45) is 0 Å². The number of aliphatic hydroxyl groups is 3. The molecule has 2 heterocycles. The molecule has 0 aromatic carbocycles. The molecule has 176 valence electrons. The third-order valence-electron chi connectivity index (χ3n) is 4.24. The quantitative estimate of drug-likeness (QED) is 0.161. The number of aliphatic hydroxyl groups excluding tert-OH is 3. The van der Waals surface area contributed by atoms with Crippen LogP contribution in [0.5, 0.6) is 0 Å². The monoisotopic (exact) mass is 483 g/mol. The number of carboxylic acids is 1. The molecule has 2 aliphatic heterocycles. The van der Waals surface area contributed by atoms with Gasteiger partial charge in [0, 0.05) is 6.42 Å². The van der Waals surface area contributed by atoms with Crippen molar-refractivity contribution in [1.29, 1.82) is 0 Å². The second kappa shape index (κ2) is 9.63. The van der Waals surface area contributed by atoms with Crippen LogP contribution in [0.4, 0.5) is 0 Å². The summed E-state index contributed by atoms with van der Waals surface area (Å²) in [5.74, 6) is -1.60. The fourth-order valence-electron chi connectivity index (χ4n) is 2.93. The molecule has 0 amide bonds. The van der Waals surface area contributed by atoms with Gasteiger partial charge in [-0.25, -0.2) is 8.98 Å². The molecule has 8 atom stereocenters. The molecule has 0 saturated carbocycles. The Morgan fingerprint density at radius 1 is 1.10 bits per heavy atom. The number of nitrogens with one attached hydrogen (secondary N) is 1. The van der Waals surface area contributed by atoms with Gasteiger partial charge in [0.2, 0.25) is 0 Å². The summed E-state index contributed by atoms with van der Waals surface area (Å²) < 4.78 is 82.6. The van der Waals surface area contributed by atoms with E-state index in [0.717, 1.165) is 0 Å². The largest absolute Gasteiger partial charge is 0.479 e. The molecule has 30 heavy (non-hydrogen) atoms. The highest BCUT2D eigenvalue weighted by Gasteiger charge is 2.49. The zero-order chi connectivity index (χ0) is 22.9. The Morgan fingerprint density at radius 2 is 1.73 bits per heavy atom. The van der Waals surface area contributed by atoms with E-state index in [9.17, 15) is 42.1 Å². The van der Waals surface area contributed by atoms with Crippen molar-refractivity contribution in [1.82, 2.24) is 4.72 Å². The zero-order valence-corrected chi connectivity index (χ0v) is 16.5. The first-order valence-corrected chi connectivity index (χ1v) is 11.0. The fraction of sp³-hybridized carbons (Fsp3) is 0.917. The fourth-order valence-corrected chi connectivity index (χ4v) is 3.87. The van der Waals surface area contributed by atoms with Gasteiger partial charge >= 0.3 is 26.7 Å². The summed E-state index contributed by atoms with van der Waals surface area (Å²) in [5.41, 5.74) is 0. The first-order valence-electron chi connectivity index (χ1n) is 8.24. The summed E-state index contributed by atoms with van der Waals surface area (Å²) in [4.78, 5) is 11.4. The van der Waals surface area contributed by atoms with Gasteiger partial charge in [-0.1, -0.05) is 0 Å². The van der Waals surface area contributed by atoms with Gasteiger partial charge < -0.3 is 34.6 Å². The molecule has 16 nitrogen and oxygen atoms in total. The van der Waals surface area contributed by atoms with E-state index < -0.39 is 95.3 Å². The lowest BCUT2D eigenvalue weighted by molar-refractivity contribution is -0.293. The Balaban J connectivity index is 2.26. The predicted octanol–water partition coefficient (Wildman–Crippen LogP) is -4.37. The van der Waals surface area contributed by atoms with Crippen LogP contribution in [0, 0.1) is 0 Å². The van der Waals surface area contributed by atoms with Crippen LogP contribution in [0.25, 0.3) is 0 Å². The Labute approximate surface area is 170 Å². The summed E-state index contributed by atoms with van der Waals surface area (Å²) in [7, 11) is -9.82. The van der Waals surface area contributed by atoms with E-state index in [2.05, 4.69) is 4.18 Å². The summed E-state index contributed by atoms with van der Waals surface area (Å²) in [6, 6.07) is -1.75. The van der Waals surface area contributed by atoms with Gasteiger partial charge in [-0.2, -0.15) is 21.6 Å². The summed E-state index contributed by atoms with van der Waals surface area (Å²) in [5, 5.41) is 39.2. The van der Waals surface area contributed by atoms with Crippen LogP contribution in [0.1, 0.15) is 6.42 Å².